The molecule has 0 aromatic heterocycles. The third kappa shape index (κ3) is 4.87. The Hall–Kier alpha value is -0.780. The van der Waals surface area contributed by atoms with Crippen molar-refractivity contribution >= 4 is 51.5 Å². The van der Waals surface area contributed by atoms with Crippen LogP contribution in [0.25, 0.3) is 0 Å². The molecule has 1 atom stereocenters. The molecule has 2 rings (SSSR count). The Bertz CT molecular complexity index is 533. The summed E-state index contributed by atoms with van der Waals surface area (Å²) in [7, 11) is 0. The van der Waals surface area contributed by atoms with Crippen molar-refractivity contribution in [2.24, 2.45) is 4.99 Å². The van der Waals surface area contributed by atoms with Crippen LogP contribution in [0.4, 0.5) is 5.69 Å². The molecule has 1 aromatic carbocycles. The van der Waals surface area contributed by atoms with Crippen LogP contribution in [0.3, 0.4) is 0 Å². The van der Waals surface area contributed by atoms with Gasteiger partial charge in [0.1, 0.15) is 0 Å². The van der Waals surface area contributed by atoms with E-state index >= 15 is 0 Å². The molecule has 1 heterocycles. The van der Waals surface area contributed by atoms with Crippen LogP contribution in [0.15, 0.2) is 29.3 Å². The minimum atomic E-state index is 0.504. The van der Waals surface area contributed by atoms with Gasteiger partial charge in [-0.15, -0.1) is 0 Å². The smallest absolute Gasteiger partial charge is 0.179 e. The van der Waals surface area contributed by atoms with Crippen LogP contribution in [0.1, 0.15) is 26.7 Å². The summed E-state index contributed by atoms with van der Waals surface area (Å²) >= 11 is 13.3. The molecule has 1 aliphatic heterocycles. The standard InChI is InChI=1S/C15H20ClN3S2/c1-3-4-8-17-15-19(10-11(2)21-15)14(20)18-13-7-5-6-12(16)9-13/h5-7,9,11H,3-4,8,10H2,1-2H3,(H,18,20). The van der Waals surface area contributed by atoms with Crippen molar-refractivity contribution in [2.45, 2.75) is 31.9 Å². The highest BCUT2D eigenvalue weighted by Gasteiger charge is 2.28. The Kier molecular flexibility index (Phi) is 6.33. The molecule has 1 aliphatic rings. The second-order valence-corrected chi connectivity index (χ2v) is 7.23. The minimum absolute atomic E-state index is 0.504. The van der Waals surface area contributed by atoms with E-state index < -0.39 is 0 Å². The second-order valence-electron chi connectivity index (χ2n) is 5.00. The average Bonchev–Trinajstić information content (AvgIpc) is 2.80. The van der Waals surface area contributed by atoms with Gasteiger partial charge < -0.3 is 5.32 Å². The number of amidine groups is 1. The van der Waals surface area contributed by atoms with Gasteiger partial charge in [-0.1, -0.05) is 49.7 Å². The molecule has 114 valence electrons. The highest BCUT2D eigenvalue weighted by atomic mass is 35.5. The molecule has 0 bridgehead atoms. The number of hydrogen-bond donors (Lipinski definition) is 1. The molecule has 1 saturated heterocycles. The van der Waals surface area contributed by atoms with Crippen LogP contribution >= 0.6 is 35.6 Å². The lowest BCUT2D eigenvalue weighted by molar-refractivity contribution is 0.636. The fraction of sp³-hybridized carbons (Fsp3) is 0.467. The van der Waals surface area contributed by atoms with Gasteiger partial charge in [0.05, 0.1) is 0 Å². The number of nitrogens with one attached hydrogen (secondary N) is 1. The summed E-state index contributed by atoms with van der Waals surface area (Å²) in [5.74, 6) is 0. The first-order chi connectivity index (χ1) is 10.1. The zero-order valence-electron chi connectivity index (χ0n) is 12.3. The number of nitrogens with zero attached hydrogens (tertiary/aromatic N) is 2. The van der Waals surface area contributed by atoms with Gasteiger partial charge in [0.15, 0.2) is 10.3 Å². The topological polar surface area (TPSA) is 27.6 Å². The number of benzene rings is 1. The van der Waals surface area contributed by atoms with Crippen molar-refractivity contribution in [1.29, 1.82) is 0 Å². The van der Waals surface area contributed by atoms with Crippen molar-refractivity contribution in [1.82, 2.24) is 4.90 Å². The summed E-state index contributed by atoms with van der Waals surface area (Å²) in [6, 6.07) is 7.58. The van der Waals surface area contributed by atoms with Crippen molar-refractivity contribution in [3.05, 3.63) is 29.3 Å². The summed E-state index contributed by atoms with van der Waals surface area (Å²) in [5, 5.41) is 6.15. The lowest BCUT2D eigenvalue weighted by Gasteiger charge is -2.20. The van der Waals surface area contributed by atoms with Crippen molar-refractivity contribution in [3.8, 4) is 0 Å². The maximum atomic E-state index is 6.00. The van der Waals surface area contributed by atoms with Crippen molar-refractivity contribution in [2.75, 3.05) is 18.4 Å². The fourth-order valence-corrected chi connectivity index (χ4v) is 3.57. The van der Waals surface area contributed by atoms with E-state index in [9.17, 15) is 0 Å². The van der Waals surface area contributed by atoms with E-state index in [0.29, 0.717) is 15.4 Å². The van der Waals surface area contributed by atoms with Gasteiger partial charge in [0.25, 0.3) is 0 Å². The molecule has 1 unspecified atom stereocenters. The Morgan fingerprint density at radius 2 is 2.38 bits per heavy atom. The molecular weight excluding hydrogens is 322 g/mol. The van der Waals surface area contributed by atoms with Crippen LogP contribution in [0.5, 0.6) is 0 Å². The van der Waals surface area contributed by atoms with E-state index in [0.717, 1.165) is 36.8 Å². The highest BCUT2D eigenvalue weighted by molar-refractivity contribution is 8.14. The molecular formula is C15H20ClN3S2. The van der Waals surface area contributed by atoms with Gasteiger partial charge in [-0.3, -0.25) is 9.89 Å². The van der Waals surface area contributed by atoms with Gasteiger partial charge in [-0.05, 0) is 36.8 Å². The van der Waals surface area contributed by atoms with E-state index in [4.69, 9.17) is 23.8 Å². The highest BCUT2D eigenvalue weighted by Crippen LogP contribution is 2.26. The number of unbranched alkanes of at least 4 members (excludes halogenated alkanes) is 1. The lowest BCUT2D eigenvalue weighted by atomic mass is 10.3. The number of aliphatic imine (C=N–C) groups is 1. The second kappa shape index (κ2) is 8.01. The van der Waals surface area contributed by atoms with Crippen molar-refractivity contribution in [3.63, 3.8) is 0 Å². The summed E-state index contributed by atoms with van der Waals surface area (Å²) in [4.78, 5) is 6.76. The summed E-state index contributed by atoms with van der Waals surface area (Å²) in [6.45, 7) is 6.12. The normalized spacial score (nSPS) is 20.0. The number of halogens is 1. The fourth-order valence-electron chi connectivity index (χ4n) is 2.00. The number of thioether (sulfide) groups is 1. The minimum Gasteiger partial charge on any atom is -0.332 e. The van der Waals surface area contributed by atoms with E-state index in [2.05, 4.69) is 29.1 Å². The number of anilines is 1. The largest absolute Gasteiger partial charge is 0.332 e. The Balaban J connectivity index is 2.04. The zero-order chi connectivity index (χ0) is 15.2. The van der Waals surface area contributed by atoms with Crippen LogP contribution in [0, 0.1) is 0 Å². The molecule has 0 radical (unpaired) electrons. The summed E-state index contributed by atoms with van der Waals surface area (Å²) in [5.41, 5.74) is 0.907. The monoisotopic (exact) mass is 341 g/mol. The molecule has 0 amide bonds. The summed E-state index contributed by atoms with van der Waals surface area (Å²) < 4.78 is 0. The van der Waals surface area contributed by atoms with Gasteiger partial charge in [0, 0.05) is 29.0 Å². The van der Waals surface area contributed by atoms with Crippen LogP contribution in [0.2, 0.25) is 5.02 Å². The molecule has 0 spiro atoms. The van der Waals surface area contributed by atoms with Gasteiger partial charge >= 0.3 is 0 Å². The van der Waals surface area contributed by atoms with E-state index in [1.165, 1.54) is 0 Å². The van der Waals surface area contributed by atoms with Crippen molar-refractivity contribution < 1.29 is 0 Å². The van der Waals surface area contributed by atoms with E-state index in [1.54, 1.807) is 11.8 Å². The zero-order valence-corrected chi connectivity index (χ0v) is 14.7. The van der Waals surface area contributed by atoms with E-state index in [1.807, 2.05) is 24.3 Å². The molecule has 21 heavy (non-hydrogen) atoms. The first-order valence-electron chi connectivity index (χ1n) is 7.15. The molecule has 3 nitrogen and oxygen atoms in total. The first kappa shape index (κ1) is 16.6. The van der Waals surface area contributed by atoms with Crippen LogP contribution < -0.4 is 5.32 Å². The molecule has 1 N–H and O–H groups in total. The molecule has 0 aliphatic carbocycles. The third-order valence-corrected chi connectivity index (χ3v) is 4.73. The quantitative estimate of drug-likeness (QED) is 0.638. The summed E-state index contributed by atoms with van der Waals surface area (Å²) in [6.07, 6.45) is 2.27. The SMILES string of the molecule is CCCCN=C1SC(C)CN1C(=S)Nc1cccc(Cl)c1. The predicted molar refractivity (Wildman–Crippen MR) is 98.6 cm³/mol. The lowest BCUT2D eigenvalue weighted by Crippen LogP contribution is -2.36. The maximum absolute atomic E-state index is 6.00. The van der Waals surface area contributed by atoms with E-state index in [-0.39, 0.29) is 0 Å². The number of thiocarbonyl (C=S) groups is 1. The third-order valence-electron chi connectivity index (χ3n) is 3.06. The van der Waals surface area contributed by atoms with Gasteiger partial charge in [-0.2, -0.15) is 0 Å². The molecule has 6 heteroatoms. The molecule has 0 saturated carbocycles. The molecule has 1 fully saturated rings. The van der Waals surface area contributed by atoms with Crippen LogP contribution in [-0.4, -0.2) is 33.5 Å². The first-order valence-corrected chi connectivity index (χ1v) is 8.82. The van der Waals surface area contributed by atoms with Crippen LogP contribution in [-0.2, 0) is 0 Å². The Morgan fingerprint density at radius 3 is 3.10 bits per heavy atom. The Morgan fingerprint density at radius 1 is 1.57 bits per heavy atom. The maximum Gasteiger partial charge on any atom is 0.179 e. The van der Waals surface area contributed by atoms with Gasteiger partial charge in [-0.25, -0.2) is 0 Å². The average molecular weight is 342 g/mol. The number of rotatable bonds is 4. The van der Waals surface area contributed by atoms with Gasteiger partial charge in [0.2, 0.25) is 0 Å². The number of hydrogen-bond acceptors (Lipinski definition) is 3. The Labute approximate surface area is 141 Å². The predicted octanol–water partition coefficient (Wildman–Crippen LogP) is 4.63. The molecule has 1 aromatic rings.